The van der Waals surface area contributed by atoms with Crippen molar-refractivity contribution >= 4 is 0 Å². The molecule has 0 amide bonds. The minimum atomic E-state index is -0.556. The van der Waals surface area contributed by atoms with Crippen molar-refractivity contribution in [2.24, 2.45) is 0 Å². The van der Waals surface area contributed by atoms with Gasteiger partial charge in [0.2, 0.25) is 0 Å². The Kier molecular flexibility index (Phi) is 7.66. The molecular weight excluding hydrogens is 633 g/mol. The summed E-state index contributed by atoms with van der Waals surface area (Å²) in [5, 5.41) is 0. The highest BCUT2D eigenvalue weighted by molar-refractivity contribution is 5.89. The highest BCUT2D eigenvalue weighted by Crippen LogP contribution is 2.57. The van der Waals surface area contributed by atoms with Crippen LogP contribution in [0.2, 0.25) is 0 Å². The maximum atomic E-state index is 5.06. The minimum Gasteiger partial charge on any atom is -0.261 e. The van der Waals surface area contributed by atoms with Crippen LogP contribution in [0.15, 0.2) is 164 Å². The molecule has 1 aliphatic rings. The van der Waals surface area contributed by atoms with Gasteiger partial charge in [-0.2, -0.15) is 0 Å². The van der Waals surface area contributed by atoms with Gasteiger partial charge in [0.05, 0.1) is 5.41 Å². The number of benzene rings is 6. The summed E-state index contributed by atoms with van der Waals surface area (Å²) in [7, 11) is 0. The fraction of sp³-hybridized carbons (Fsp3) is 0.0833. The molecule has 0 N–H and O–H groups in total. The van der Waals surface area contributed by atoms with E-state index in [1.165, 1.54) is 38.9 Å². The van der Waals surface area contributed by atoms with Crippen molar-refractivity contribution in [1.29, 1.82) is 0 Å². The number of pyridine rings is 1. The van der Waals surface area contributed by atoms with Crippen molar-refractivity contribution in [3.05, 3.63) is 203 Å². The van der Waals surface area contributed by atoms with Crippen molar-refractivity contribution in [2.45, 2.75) is 26.2 Å². The topological polar surface area (TPSA) is 51.6 Å². The maximum absolute atomic E-state index is 5.06. The zero-order chi connectivity index (χ0) is 35.2. The van der Waals surface area contributed by atoms with E-state index in [1.807, 2.05) is 19.2 Å². The highest BCUT2D eigenvalue weighted by Gasteiger charge is 2.46. The Morgan fingerprint density at radius 2 is 1.00 bits per heavy atom. The van der Waals surface area contributed by atoms with Gasteiger partial charge in [-0.05, 0) is 94.6 Å². The molecule has 8 aromatic rings. The van der Waals surface area contributed by atoms with Crippen LogP contribution in [0.3, 0.4) is 0 Å². The van der Waals surface area contributed by atoms with Crippen LogP contribution in [0.4, 0.5) is 0 Å². The lowest BCUT2D eigenvalue weighted by molar-refractivity contribution is 0.768. The molecule has 2 aromatic heterocycles. The molecule has 2 heterocycles. The van der Waals surface area contributed by atoms with Gasteiger partial charge in [0.15, 0.2) is 11.6 Å². The van der Waals surface area contributed by atoms with Gasteiger partial charge in [-0.15, -0.1) is 0 Å². The van der Waals surface area contributed by atoms with Crippen LogP contribution >= 0.6 is 0 Å². The molecule has 1 unspecified atom stereocenters. The lowest BCUT2D eigenvalue weighted by atomic mass is 9.67. The second-order valence-electron chi connectivity index (χ2n) is 13.6. The number of nitrogens with zero attached hydrogens (tertiary/aromatic N) is 4. The normalized spacial score (nSPS) is 14.5. The summed E-state index contributed by atoms with van der Waals surface area (Å²) < 4.78 is 0. The Labute approximate surface area is 304 Å². The fourth-order valence-corrected chi connectivity index (χ4v) is 7.93. The molecule has 4 nitrogen and oxygen atoms in total. The summed E-state index contributed by atoms with van der Waals surface area (Å²) >= 11 is 0. The van der Waals surface area contributed by atoms with Crippen LogP contribution in [-0.4, -0.2) is 19.9 Å². The van der Waals surface area contributed by atoms with Crippen LogP contribution in [0.25, 0.3) is 56.2 Å². The number of rotatable bonds is 6. The SMILES string of the molecule is Cc1cnc(C)c(-c2ccc3c(c2)-c2ccccc2C3(c2ccccc2)c2cccc(-c3nc(C)nc(-c4ccc(-c5ccccc5)cc4)n3)c2)c1. The smallest absolute Gasteiger partial charge is 0.163 e. The largest absolute Gasteiger partial charge is 0.261 e. The minimum absolute atomic E-state index is 0.556. The van der Waals surface area contributed by atoms with E-state index in [0.29, 0.717) is 17.5 Å². The van der Waals surface area contributed by atoms with Gasteiger partial charge in [-0.1, -0.05) is 140 Å². The van der Waals surface area contributed by atoms with Gasteiger partial charge in [0.25, 0.3) is 0 Å². The number of fused-ring (bicyclic) bond motifs is 3. The standard InChI is InChI=1S/C48H36N4/c1-31-27-42(32(2)49-30-31)37-25-26-45-43(29-37)41-19-10-11-20-44(41)48(45,39-16-8-5-9-17-39)40-18-12-15-38(28-40)47-51-33(3)50-46(52-47)36-23-21-35(22-24-36)34-13-6-4-7-14-34/h4-30H,1-3H3. The molecule has 52 heavy (non-hydrogen) atoms. The van der Waals surface area contributed by atoms with Crippen LogP contribution in [-0.2, 0) is 5.41 Å². The lowest BCUT2D eigenvalue weighted by Gasteiger charge is -2.34. The van der Waals surface area contributed by atoms with Gasteiger partial charge >= 0.3 is 0 Å². The summed E-state index contributed by atoms with van der Waals surface area (Å²) in [4.78, 5) is 19.4. The molecule has 1 aliphatic carbocycles. The lowest BCUT2D eigenvalue weighted by Crippen LogP contribution is -2.28. The monoisotopic (exact) mass is 668 g/mol. The van der Waals surface area contributed by atoms with E-state index in [2.05, 4.69) is 170 Å². The van der Waals surface area contributed by atoms with E-state index in [0.717, 1.165) is 39.1 Å². The number of aromatic nitrogens is 4. The predicted octanol–water partition coefficient (Wildman–Crippen LogP) is 11.2. The molecule has 0 spiro atoms. The van der Waals surface area contributed by atoms with Gasteiger partial charge in [0.1, 0.15) is 5.82 Å². The van der Waals surface area contributed by atoms with Gasteiger partial charge in [-0.25, -0.2) is 15.0 Å². The summed E-state index contributed by atoms with van der Waals surface area (Å²) in [5.74, 6) is 2.00. The van der Waals surface area contributed by atoms with Crippen molar-refractivity contribution in [1.82, 2.24) is 19.9 Å². The van der Waals surface area contributed by atoms with Crippen LogP contribution in [0.1, 0.15) is 39.3 Å². The van der Waals surface area contributed by atoms with Crippen LogP contribution < -0.4 is 0 Å². The van der Waals surface area contributed by atoms with Crippen molar-refractivity contribution in [3.63, 3.8) is 0 Å². The molecular formula is C48H36N4. The van der Waals surface area contributed by atoms with Crippen molar-refractivity contribution < 1.29 is 0 Å². The predicted molar refractivity (Wildman–Crippen MR) is 211 cm³/mol. The molecule has 0 radical (unpaired) electrons. The van der Waals surface area contributed by atoms with E-state index >= 15 is 0 Å². The van der Waals surface area contributed by atoms with Crippen LogP contribution in [0, 0.1) is 20.8 Å². The van der Waals surface area contributed by atoms with Crippen molar-refractivity contribution in [2.75, 3.05) is 0 Å². The van der Waals surface area contributed by atoms with Crippen molar-refractivity contribution in [3.8, 4) is 56.2 Å². The zero-order valence-corrected chi connectivity index (χ0v) is 29.4. The molecule has 0 saturated heterocycles. The van der Waals surface area contributed by atoms with E-state index in [1.54, 1.807) is 0 Å². The second-order valence-corrected chi connectivity index (χ2v) is 13.6. The Morgan fingerprint density at radius 1 is 0.404 bits per heavy atom. The molecule has 0 fully saturated rings. The third-order valence-corrected chi connectivity index (χ3v) is 10.3. The van der Waals surface area contributed by atoms with E-state index in [4.69, 9.17) is 15.0 Å². The summed E-state index contributed by atoms with van der Waals surface area (Å²) in [5.41, 5.74) is 15.6. The first kappa shape index (κ1) is 31.5. The Bertz CT molecular complexity index is 2590. The van der Waals surface area contributed by atoms with E-state index in [-0.39, 0.29) is 0 Å². The fourth-order valence-electron chi connectivity index (χ4n) is 7.93. The van der Waals surface area contributed by atoms with Gasteiger partial charge in [0, 0.05) is 28.6 Å². The number of aryl methyl sites for hydroxylation is 3. The first-order valence-corrected chi connectivity index (χ1v) is 17.7. The second kappa shape index (κ2) is 12.7. The molecule has 6 aromatic carbocycles. The highest BCUT2D eigenvalue weighted by atomic mass is 15.0. The average molecular weight is 669 g/mol. The zero-order valence-electron chi connectivity index (χ0n) is 29.4. The average Bonchev–Trinajstić information content (AvgIpc) is 3.50. The summed E-state index contributed by atoms with van der Waals surface area (Å²) in [6.45, 7) is 6.13. The van der Waals surface area contributed by atoms with E-state index in [9.17, 15) is 0 Å². The summed E-state index contributed by atoms with van der Waals surface area (Å²) in [6, 6.07) is 56.6. The third kappa shape index (κ3) is 5.23. The van der Waals surface area contributed by atoms with E-state index < -0.39 is 5.41 Å². The van der Waals surface area contributed by atoms with Gasteiger partial charge in [-0.3, -0.25) is 4.98 Å². The number of hydrogen-bond donors (Lipinski definition) is 0. The Balaban J connectivity index is 1.20. The quantitative estimate of drug-likeness (QED) is 0.177. The van der Waals surface area contributed by atoms with Crippen LogP contribution in [0.5, 0.6) is 0 Å². The maximum Gasteiger partial charge on any atom is 0.163 e. The molecule has 248 valence electrons. The molecule has 4 heteroatoms. The Hall–Kier alpha value is -6.52. The van der Waals surface area contributed by atoms with Gasteiger partial charge < -0.3 is 0 Å². The number of hydrogen-bond acceptors (Lipinski definition) is 4. The molecule has 1 atom stereocenters. The molecule has 9 rings (SSSR count). The molecule has 0 saturated carbocycles. The first-order chi connectivity index (χ1) is 25.5. The molecule has 0 bridgehead atoms. The third-order valence-electron chi connectivity index (χ3n) is 10.3. The Morgan fingerprint density at radius 3 is 1.79 bits per heavy atom. The summed E-state index contributed by atoms with van der Waals surface area (Å²) in [6.07, 6.45) is 1.94. The first-order valence-electron chi connectivity index (χ1n) is 17.7. The molecule has 0 aliphatic heterocycles.